The van der Waals surface area contributed by atoms with Crippen molar-refractivity contribution in [3.63, 3.8) is 0 Å². The molecule has 0 aromatic heterocycles. The summed E-state index contributed by atoms with van der Waals surface area (Å²) >= 11 is 0. The molecule has 1 heterocycles. The van der Waals surface area contributed by atoms with Crippen LogP contribution in [0.25, 0.3) is 0 Å². The minimum absolute atomic E-state index is 0.0427. The van der Waals surface area contributed by atoms with Crippen LogP contribution in [-0.4, -0.2) is 16.9 Å². The van der Waals surface area contributed by atoms with Crippen molar-refractivity contribution in [1.29, 1.82) is 0 Å². The molecular formula is C27H44O4. The molecule has 0 saturated heterocycles. The largest absolute Gasteiger partial charge is 0.511 e. The minimum Gasteiger partial charge on any atom is -0.487 e. The summed E-state index contributed by atoms with van der Waals surface area (Å²) in [6, 6.07) is 5.32. The average Bonchev–Trinajstić information content (AvgIpc) is 2.72. The number of fused-ring (bicyclic) bond motifs is 1. The zero-order chi connectivity index (χ0) is 22.9. The maximum absolute atomic E-state index is 10.8. The van der Waals surface area contributed by atoms with Gasteiger partial charge in [0.05, 0.1) is 0 Å². The van der Waals surface area contributed by atoms with Gasteiger partial charge in [-0.1, -0.05) is 91.9 Å². The SMILES string of the molecule is CCCCCCCCCCCC(C)C(C)(C)C1(C)CCc2cc(OC(=O)O)ccc2O1. The molecule has 0 saturated carbocycles. The van der Waals surface area contributed by atoms with E-state index in [0.29, 0.717) is 11.7 Å². The quantitative estimate of drug-likeness (QED) is 0.193. The van der Waals surface area contributed by atoms with E-state index >= 15 is 0 Å². The number of aryl methyl sites for hydroxylation is 1. The molecule has 1 aliphatic heterocycles. The second-order valence-electron chi connectivity index (χ2n) is 10.2. The van der Waals surface area contributed by atoms with Crippen LogP contribution in [0, 0.1) is 11.3 Å². The molecule has 0 spiro atoms. The van der Waals surface area contributed by atoms with Gasteiger partial charge in [0.25, 0.3) is 0 Å². The lowest BCUT2D eigenvalue weighted by atomic mass is 9.63. The van der Waals surface area contributed by atoms with Crippen LogP contribution in [0.1, 0.15) is 111 Å². The van der Waals surface area contributed by atoms with Crippen LogP contribution in [0.5, 0.6) is 11.5 Å². The van der Waals surface area contributed by atoms with Gasteiger partial charge in [-0.15, -0.1) is 0 Å². The summed E-state index contributed by atoms with van der Waals surface area (Å²) < 4.78 is 11.3. The maximum atomic E-state index is 10.8. The third-order valence-corrected chi connectivity index (χ3v) is 7.78. The highest BCUT2D eigenvalue weighted by Gasteiger charge is 2.48. The van der Waals surface area contributed by atoms with E-state index in [2.05, 4.69) is 34.6 Å². The Labute approximate surface area is 189 Å². The van der Waals surface area contributed by atoms with Gasteiger partial charge in [0, 0.05) is 5.41 Å². The van der Waals surface area contributed by atoms with Crippen molar-refractivity contribution in [2.75, 3.05) is 0 Å². The van der Waals surface area contributed by atoms with Gasteiger partial charge < -0.3 is 14.6 Å². The third-order valence-electron chi connectivity index (χ3n) is 7.78. The number of carbonyl (C=O) groups is 1. The number of hydrogen-bond acceptors (Lipinski definition) is 3. The van der Waals surface area contributed by atoms with E-state index in [9.17, 15) is 4.79 Å². The molecule has 0 radical (unpaired) electrons. The number of hydrogen-bond donors (Lipinski definition) is 1. The van der Waals surface area contributed by atoms with Crippen LogP contribution in [0.4, 0.5) is 4.79 Å². The molecule has 31 heavy (non-hydrogen) atoms. The Morgan fingerprint density at radius 2 is 1.74 bits per heavy atom. The molecule has 1 aromatic carbocycles. The zero-order valence-corrected chi connectivity index (χ0v) is 20.5. The van der Waals surface area contributed by atoms with Gasteiger partial charge >= 0.3 is 6.16 Å². The summed E-state index contributed by atoms with van der Waals surface area (Å²) in [6.07, 6.45) is 14.0. The summed E-state index contributed by atoms with van der Waals surface area (Å²) in [5.74, 6) is 1.78. The fourth-order valence-electron chi connectivity index (χ4n) is 4.78. The Morgan fingerprint density at radius 1 is 1.13 bits per heavy atom. The van der Waals surface area contributed by atoms with Gasteiger partial charge in [0.15, 0.2) is 0 Å². The van der Waals surface area contributed by atoms with E-state index in [1.54, 1.807) is 12.1 Å². The van der Waals surface area contributed by atoms with E-state index < -0.39 is 6.16 Å². The number of ether oxygens (including phenoxy) is 2. The van der Waals surface area contributed by atoms with Crippen molar-refractivity contribution >= 4 is 6.16 Å². The van der Waals surface area contributed by atoms with Gasteiger partial charge in [-0.05, 0) is 49.4 Å². The smallest absolute Gasteiger partial charge is 0.487 e. The molecule has 0 aliphatic carbocycles. The van der Waals surface area contributed by atoms with Crippen LogP contribution >= 0.6 is 0 Å². The first-order valence-corrected chi connectivity index (χ1v) is 12.4. The van der Waals surface area contributed by atoms with E-state index in [-0.39, 0.29) is 11.0 Å². The summed E-state index contributed by atoms with van der Waals surface area (Å²) in [7, 11) is 0. The monoisotopic (exact) mass is 432 g/mol. The summed E-state index contributed by atoms with van der Waals surface area (Å²) in [6.45, 7) is 11.6. The Kier molecular flexibility index (Phi) is 9.71. The first kappa shape index (κ1) is 25.5. The highest BCUT2D eigenvalue weighted by Crippen LogP contribution is 2.49. The first-order chi connectivity index (χ1) is 14.7. The second kappa shape index (κ2) is 11.8. The molecule has 4 heteroatoms. The van der Waals surface area contributed by atoms with E-state index in [4.69, 9.17) is 14.6 Å². The molecule has 2 unspecified atom stereocenters. The molecule has 1 aromatic rings. The van der Waals surface area contributed by atoms with Crippen molar-refractivity contribution in [3.05, 3.63) is 23.8 Å². The number of rotatable bonds is 13. The normalized spacial score (nSPS) is 19.4. The van der Waals surface area contributed by atoms with Gasteiger partial charge in [-0.25, -0.2) is 4.79 Å². The molecule has 2 rings (SSSR count). The molecule has 1 aliphatic rings. The van der Waals surface area contributed by atoms with Crippen LogP contribution < -0.4 is 9.47 Å². The molecule has 0 amide bonds. The molecule has 0 fully saturated rings. The number of benzene rings is 1. The lowest BCUT2D eigenvalue weighted by molar-refractivity contribution is -0.0737. The van der Waals surface area contributed by atoms with Gasteiger partial charge in [-0.2, -0.15) is 0 Å². The fraction of sp³-hybridized carbons (Fsp3) is 0.741. The lowest BCUT2D eigenvalue weighted by Crippen LogP contribution is -2.52. The Balaban J connectivity index is 1.83. The van der Waals surface area contributed by atoms with Crippen molar-refractivity contribution in [3.8, 4) is 11.5 Å². The summed E-state index contributed by atoms with van der Waals surface area (Å²) in [5.41, 5.74) is 0.827. The summed E-state index contributed by atoms with van der Waals surface area (Å²) in [4.78, 5) is 10.8. The Hall–Kier alpha value is -1.71. The number of unbranched alkanes of at least 4 members (excludes halogenated alkanes) is 8. The molecule has 2 atom stereocenters. The van der Waals surface area contributed by atoms with Crippen LogP contribution in [0.15, 0.2) is 18.2 Å². The van der Waals surface area contributed by atoms with Crippen molar-refractivity contribution < 1.29 is 19.4 Å². The molecule has 1 N–H and O–H groups in total. The highest BCUT2D eigenvalue weighted by atomic mass is 16.7. The molecule has 4 nitrogen and oxygen atoms in total. The van der Waals surface area contributed by atoms with Gasteiger partial charge in [0.2, 0.25) is 0 Å². The van der Waals surface area contributed by atoms with Crippen molar-refractivity contribution in [2.45, 2.75) is 117 Å². The summed E-state index contributed by atoms with van der Waals surface area (Å²) in [5, 5.41) is 8.83. The standard InChI is InChI=1S/C27H44O4/c1-6-7-8-9-10-11-12-13-14-15-21(2)26(3,4)27(5)19-18-22-20-23(30-25(28)29)16-17-24(22)31-27/h16-17,20-21H,6-15,18-19H2,1-5H3,(H,28,29). The number of carboxylic acid groups (broad SMARTS) is 1. The maximum Gasteiger partial charge on any atom is 0.511 e. The first-order valence-electron chi connectivity index (χ1n) is 12.4. The average molecular weight is 433 g/mol. The van der Waals surface area contributed by atoms with E-state index in [0.717, 1.165) is 24.2 Å². The van der Waals surface area contributed by atoms with Crippen LogP contribution in [0.2, 0.25) is 0 Å². The Morgan fingerprint density at radius 3 is 2.35 bits per heavy atom. The Bertz CT molecular complexity index is 696. The van der Waals surface area contributed by atoms with Crippen LogP contribution in [0.3, 0.4) is 0 Å². The highest BCUT2D eigenvalue weighted by molar-refractivity contribution is 5.61. The molecule has 176 valence electrons. The van der Waals surface area contributed by atoms with Gasteiger partial charge in [0.1, 0.15) is 17.1 Å². The topological polar surface area (TPSA) is 55.8 Å². The van der Waals surface area contributed by atoms with Gasteiger partial charge in [-0.3, -0.25) is 0 Å². The second-order valence-corrected chi connectivity index (χ2v) is 10.2. The van der Waals surface area contributed by atoms with Crippen molar-refractivity contribution in [1.82, 2.24) is 0 Å². The molecular weight excluding hydrogens is 388 g/mol. The molecule has 0 bridgehead atoms. The minimum atomic E-state index is -1.28. The lowest BCUT2D eigenvalue weighted by Gasteiger charge is -2.50. The zero-order valence-electron chi connectivity index (χ0n) is 20.5. The van der Waals surface area contributed by atoms with E-state index in [1.165, 1.54) is 64.2 Å². The van der Waals surface area contributed by atoms with Crippen molar-refractivity contribution in [2.24, 2.45) is 11.3 Å². The fourth-order valence-corrected chi connectivity index (χ4v) is 4.78. The third kappa shape index (κ3) is 7.15. The van der Waals surface area contributed by atoms with E-state index in [1.807, 2.05) is 6.07 Å². The predicted molar refractivity (Wildman–Crippen MR) is 127 cm³/mol. The predicted octanol–water partition coefficient (Wildman–Crippen LogP) is 8.41. The van der Waals surface area contributed by atoms with Crippen LogP contribution in [-0.2, 0) is 6.42 Å².